The number of carbonyl (C=O) groups is 1. The first-order valence-corrected chi connectivity index (χ1v) is 12.3. The lowest BCUT2D eigenvalue weighted by atomic mass is 9.90. The van der Waals surface area contributed by atoms with Gasteiger partial charge in [0.15, 0.2) is 0 Å². The summed E-state index contributed by atoms with van der Waals surface area (Å²) >= 11 is 0. The standard InChI is InChI=1S/C28H34FN3O/c29-25-10-8-24(9-11-25)22-31-15-12-28(13-16-31)21-26(28)27(33)32-19-17-30(18-20-32)14-4-7-23-5-2-1-3-6-23/h1-11,26H,12-22H2/b7-4+/t26-/m0/s1. The molecule has 0 N–H and O–H groups in total. The minimum Gasteiger partial charge on any atom is -0.340 e. The molecule has 0 radical (unpaired) electrons. The second-order valence-corrected chi connectivity index (χ2v) is 9.96. The molecule has 4 nitrogen and oxygen atoms in total. The Morgan fingerprint density at radius 3 is 2.30 bits per heavy atom. The molecule has 1 atom stereocenters. The van der Waals surface area contributed by atoms with Crippen LogP contribution >= 0.6 is 0 Å². The molecule has 0 bridgehead atoms. The molecular formula is C28H34FN3O. The molecule has 3 fully saturated rings. The van der Waals surface area contributed by atoms with Gasteiger partial charge in [0.25, 0.3) is 0 Å². The number of halogens is 1. The monoisotopic (exact) mass is 447 g/mol. The molecule has 1 saturated carbocycles. The molecule has 33 heavy (non-hydrogen) atoms. The van der Waals surface area contributed by atoms with E-state index in [1.165, 1.54) is 17.7 Å². The van der Waals surface area contributed by atoms with Gasteiger partial charge in [-0.05, 0) is 61.0 Å². The molecule has 1 spiro atoms. The summed E-state index contributed by atoms with van der Waals surface area (Å²) in [6.07, 6.45) is 7.68. The molecule has 0 aromatic heterocycles. The lowest BCUT2D eigenvalue weighted by Gasteiger charge is -2.36. The van der Waals surface area contributed by atoms with Gasteiger partial charge in [-0.3, -0.25) is 14.6 Å². The SMILES string of the molecule is O=C([C@@H]1CC12CCN(Cc1ccc(F)cc1)CC2)N1CCN(C/C=C/c2ccccc2)CC1. The number of hydrogen-bond acceptors (Lipinski definition) is 3. The van der Waals surface area contributed by atoms with Crippen molar-refractivity contribution >= 4 is 12.0 Å². The van der Waals surface area contributed by atoms with Gasteiger partial charge < -0.3 is 4.90 Å². The van der Waals surface area contributed by atoms with E-state index in [-0.39, 0.29) is 17.2 Å². The van der Waals surface area contributed by atoms with Crippen molar-refractivity contribution in [3.63, 3.8) is 0 Å². The van der Waals surface area contributed by atoms with Gasteiger partial charge in [-0.1, -0.05) is 54.6 Å². The van der Waals surface area contributed by atoms with Crippen LogP contribution in [0.1, 0.15) is 30.4 Å². The number of benzene rings is 2. The van der Waals surface area contributed by atoms with Crippen LogP contribution in [0.15, 0.2) is 60.7 Å². The van der Waals surface area contributed by atoms with Gasteiger partial charge in [-0.15, -0.1) is 0 Å². The molecule has 2 saturated heterocycles. The van der Waals surface area contributed by atoms with E-state index in [4.69, 9.17) is 0 Å². The Morgan fingerprint density at radius 2 is 1.61 bits per heavy atom. The van der Waals surface area contributed by atoms with Crippen LogP contribution in [0.25, 0.3) is 6.08 Å². The summed E-state index contributed by atoms with van der Waals surface area (Å²) in [6, 6.07) is 17.2. The molecule has 3 aliphatic rings. The van der Waals surface area contributed by atoms with Gasteiger partial charge >= 0.3 is 0 Å². The number of nitrogens with zero attached hydrogens (tertiary/aromatic N) is 3. The topological polar surface area (TPSA) is 26.8 Å². The molecule has 2 aromatic rings. The van der Waals surface area contributed by atoms with Crippen LogP contribution in [0, 0.1) is 17.2 Å². The summed E-state index contributed by atoms with van der Waals surface area (Å²) in [6.45, 7) is 7.48. The lowest BCUT2D eigenvalue weighted by Crippen LogP contribution is -2.49. The Bertz CT molecular complexity index is 958. The fourth-order valence-corrected chi connectivity index (χ4v) is 5.53. The highest BCUT2D eigenvalue weighted by atomic mass is 19.1. The smallest absolute Gasteiger partial charge is 0.226 e. The molecule has 2 heterocycles. The van der Waals surface area contributed by atoms with E-state index in [9.17, 15) is 9.18 Å². The van der Waals surface area contributed by atoms with E-state index in [2.05, 4.69) is 51.1 Å². The first-order chi connectivity index (χ1) is 16.1. The summed E-state index contributed by atoms with van der Waals surface area (Å²) < 4.78 is 13.1. The van der Waals surface area contributed by atoms with Gasteiger partial charge in [-0.25, -0.2) is 4.39 Å². The molecule has 1 aliphatic carbocycles. The number of likely N-dealkylation sites (tertiary alicyclic amines) is 1. The summed E-state index contributed by atoms with van der Waals surface area (Å²) in [4.78, 5) is 20.2. The number of piperidine rings is 1. The van der Waals surface area contributed by atoms with E-state index in [1.807, 2.05) is 18.2 Å². The minimum atomic E-state index is -0.180. The molecule has 0 unspecified atom stereocenters. The predicted octanol–water partition coefficient (Wildman–Crippen LogP) is 4.29. The molecule has 5 rings (SSSR count). The third-order valence-corrected chi connectivity index (χ3v) is 7.82. The molecule has 174 valence electrons. The van der Waals surface area contributed by atoms with Crippen LogP contribution in [0.2, 0.25) is 0 Å². The van der Waals surface area contributed by atoms with Crippen molar-refractivity contribution in [2.45, 2.75) is 25.8 Å². The van der Waals surface area contributed by atoms with E-state index < -0.39 is 0 Å². The second-order valence-electron chi connectivity index (χ2n) is 9.96. The largest absolute Gasteiger partial charge is 0.340 e. The van der Waals surface area contributed by atoms with E-state index in [1.54, 1.807) is 0 Å². The van der Waals surface area contributed by atoms with Crippen molar-refractivity contribution < 1.29 is 9.18 Å². The minimum absolute atomic E-state index is 0.180. The normalized spacial score (nSPS) is 23.3. The fraction of sp³-hybridized carbons (Fsp3) is 0.464. The average Bonchev–Trinajstić information content (AvgIpc) is 3.56. The van der Waals surface area contributed by atoms with Gasteiger partial charge in [0.05, 0.1) is 0 Å². The van der Waals surface area contributed by atoms with Crippen LogP contribution in [0.5, 0.6) is 0 Å². The Morgan fingerprint density at radius 1 is 0.909 bits per heavy atom. The van der Waals surface area contributed by atoms with Gasteiger partial charge in [0, 0.05) is 45.2 Å². The van der Waals surface area contributed by atoms with E-state index in [0.29, 0.717) is 5.91 Å². The number of carbonyl (C=O) groups excluding carboxylic acids is 1. The molecular weight excluding hydrogens is 413 g/mol. The van der Waals surface area contributed by atoms with Crippen molar-refractivity contribution in [2.24, 2.45) is 11.3 Å². The summed E-state index contributed by atoms with van der Waals surface area (Å²) in [5.74, 6) is 0.441. The third kappa shape index (κ3) is 5.36. The van der Waals surface area contributed by atoms with Crippen molar-refractivity contribution in [2.75, 3.05) is 45.8 Å². The van der Waals surface area contributed by atoms with Gasteiger partial charge in [0.1, 0.15) is 5.82 Å². The number of amides is 1. The highest BCUT2D eigenvalue weighted by molar-refractivity contribution is 5.83. The lowest BCUT2D eigenvalue weighted by molar-refractivity contribution is -0.135. The Balaban J connectivity index is 1.04. The quantitative estimate of drug-likeness (QED) is 0.661. The number of hydrogen-bond donors (Lipinski definition) is 0. The highest BCUT2D eigenvalue weighted by Gasteiger charge is 2.59. The van der Waals surface area contributed by atoms with Crippen LogP contribution in [-0.2, 0) is 11.3 Å². The maximum absolute atomic E-state index is 13.2. The summed E-state index contributed by atoms with van der Waals surface area (Å²) in [5, 5.41) is 0. The van der Waals surface area contributed by atoms with Crippen molar-refractivity contribution in [1.82, 2.24) is 14.7 Å². The number of piperazine rings is 1. The Kier molecular flexibility index (Phi) is 6.61. The van der Waals surface area contributed by atoms with Crippen molar-refractivity contribution in [1.29, 1.82) is 0 Å². The van der Waals surface area contributed by atoms with E-state index in [0.717, 1.165) is 77.2 Å². The van der Waals surface area contributed by atoms with Crippen LogP contribution in [-0.4, -0.2) is 66.4 Å². The Labute approximate surface area is 196 Å². The maximum Gasteiger partial charge on any atom is 0.226 e. The molecule has 5 heteroatoms. The third-order valence-electron chi connectivity index (χ3n) is 7.82. The molecule has 1 amide bonds. The number of rotatable bonds is 6. The van der Waals surface area contributed by atoms with Crippen LogP contribution in [0.4, 0.5) is 4.39 Å². The van der Waals surface area contributed by atoms with Crippen molar-refractivity contribution in [3.05, 3.63) is 77.6 Å². The van der Waals surface area contributed by atoms with Crippen LogP contribution in [0.3, 0.4) is 0 Å². The van der Waals surface area contributed by atoms with Gasteiger partial charge in [-0.2, -0.15) is 0 Å². The summed E-state index contributed by atoms with van der Waals surface area (Å²) in [7, 11) is 0. The van der Waals surface area contributed by atoms with Gasteiger partial charge in [0.2, 0.25) is 5.91 Å². The first kappa shape index (κ1) is 22.3. The second kappa shape index (κ2) is 9.78. The van der Waals surface area contributed by atoms with E-state index >= 15 is 0 Å². The zero-order chi connectivity index (χ0) is 22.7. The zero-order valence-corrected chi connectivity index (χ0v) is 19.3. The Hall–Kier alpha value is -2.50. The molecule has 2 aromatic carbocycles. The molecule has 2 aliphatic heterocycles. The fourth-order valence-electron chi connectivity index (χ4n) is 5.53. The average molecular weight is 448 g/mol. The highest BCUT2D eigenvalue weighted by Crippen LogP contribution is 2.60. The summed E-state index contributed by atoms with van der Waals surface area (Å²) in [5.41, 5.74) is 2.63. The van der Waals surface area contributed by atoms with Crippen molar-refractivity contribution in [3.8, 4) is 0 Å². The first-order valence-electron chi connectivity index (χ1n) is 12.3. The maximum atomic E-state index is 13.2. The predicted molar refractivity (Wildman–Crippen MR) is 130 cm³/mol. The zero-order valence-electron chi connectivity index (χ0n) is 19.3. The van der Waals surface area contributed by atoms with Crippen LogP contribution < -0.4 is 0 Å².